The highest BCUT2D eigenvalue weighted by molar-refractivity contribution is 6.05. The summed E-state index contributed by atoms with van der Waals surface area (Å²) in [6.45, 7) is 17.0. The number of hydrogen-bond donors (Lipinski definition) is 1. The third-order valence-electron chi connectivity index (χ3n) is 8.83. The van der Waals surface area contributed by atoms with Gasteiger partial charge < -0.3 is 24.4 Å². The van der Waals surface area contributed by atoms with Crippen LogP contribution in [0.1, 0.15) is 44.7 Å². The number of fused-ring (bicyclic) bond motifs is 1. The van der Waals surface area contributed by atoms with Crippen LogP contribution in [0.25, 0.3) is 0 Å². The molecule has 1 aromatic carbocycles. The van der Waals surface area contributed by atoms with Gasteiger partial charge >= 0.3 is 5.97 Å². The lowest BCUT2D eigenvalue weighted by Crippen LogP contribution is -2.59. The van der Waals surface area contributed by atoms with Crippen molar-refractivity contribution in [3.63, 3.8) is 0 Å². The number of rotatable bonds is 10. The largest absolute Gasteiger partial charge is 0.465 e. The molecule has 1 aromatic rings. The van der Waals surface area contributed by atoms with E-state index < -0.39 is 41.1 Å². The second kappa shape index (κ2) is 10.3. The van der Waals surface area contributed by atoms with Crippen LogP contribution < -0.4 is 4.90 Å². The van der Waals surface area contributed by atoms with Crippen molar-refractivity contribution in [2.75, 3.05) is 24.7 Å². The highest BCUT2D eigenvalue weighted by atomic mass is 16.6. The zero-order chi connectivity index (χ0) is 28.0. The van der Waals surface area contributed by atoms with Gasteiger partial charge in [-0.2, -0.15) is 0 Å². The van der Waals surface area contributed by atoms with Crippen LogP contribution in [-0.2, 0) is 23.9 Å². The summed E-state index contributed by atoms with van der Waals surface area (Å²) in [6, 6.07) is 4.15. The third-order valence-corrected chi connectivity index (χ3v) is 8.83. The summed E-state index contributed by atoms with van der Waals surface area (Å²) < 4.78 is 12.3. The summed E-state index contributed by atoms with van der Waals surface area (Å²) in [5.74, 6) is -3.00. The molecule has 0 radical (unpaired) electrons. The minimum atomic E-state index is -1.22. The predicted octanol–water partition coefficient (Wildman–Crippen LogP) is 3.33. The molecule has 3 fully saturated rings. The summed E-state index contributed by atoms with van der Waals surface area (Å²) in [6.07, 6.45) is 4.26. The van der Waals surface area contributed by atoms with Crippen molar-refractivity contribution in [3.8, 4) is 0 Å². The van der Waals surface area contributed by atoms with E-state index in [1.54, 1.807) is 24.0 Å². The molecule has 3 unspecified atom stereocenters. The summed E-state index contributed by atoms with van der Waals surface area (Å²) in [7, 11) is 0. The second-order valence-corrected chi connectivity index (χ2v) is 11.2. The molecule has 3 aliphatic rings. The standard InChI is InChI=1S/C30H40N2O6/c1-8-10-15-37-28(36)23-22-26(34)32(21(6)17-33)25(30(22)16-20(5)29(23,7)38-30)27(35)31(14-9-2)24-18(3)12-11-13-19(24)4/h8-9,11-13,20-23,25,33H,1-2,10,14-17H2,3-7H3/t20?,21-,22+,23-,25?,29+,30?/m1/s1. The van der Waals surface area contributed by atoms with Crippen molar-refractivity contribution < 1.29 is 29.0 Å². The maximum Gasteiger partial charge on any atom is 0.312 e. The highest BCUT2D eigenvalue weighted by Crippen LogP contribution is 2.65. The summed E-state index contributed by atoms with van der Waals surface area (Å²) in [5, 5.41) is 10.1. The van der Waals surface area contributed by atoms with E-state index in [1.165, 1.54) is 4.90 Å². The number of ether oxygens (including phenoxy) is 2. The van der Waals surface area contributed by atoms with Gasteiger partial charge in [-0.1, -0.05) is 37.3 Å². The maximum atomic E-state index is 14.6. The Labute approximate surface area is 225 Å². The van der Waals surface area contributed by atoms with Crippen molar-refractivity contribution in [3.05, 3.63) is 54.6 Å². The van der Waals surface area contributed by atoms with E-state index in [4.69, 9.17) is 9.47 Å². The van der Waals surface area contributed by atoms with Gasteiger partial charge in [0.15, 0.2) is 0 Å². The Balaban J connectivity index is 1.85. The van der Waals surface area contributed by atoms with Gasteiger partial charge in [0.05, 0.1) is 30.8 Å². The van der Waals surface area contributed by atoms with Gasteiger partial charge in [0.1, 0.15) is 17.6 Å². The fourth-order valence-electron chi connectivity index (χ4n) is 7.01. The number of hydrogen-bond acceptors (Lipinski definition) is 6. The average molecular weight is 525 g/mol. The van der Waals surface area contributed by atoms with E-state index in [-0.39, 0.29) is 37.5 Å². The smallest absolute Gasteiger partial charge is 0.312 e. The minimum absolute atomic E-state index is 0.101. The first-order chi connectivity index (χ1) is 18.0. The number of carbonyl (C=O) groups is 3. The molecule has 8 nitrogen and oxygen atoms in total. The zero-order valence-corrected chi connectivity index (χ0v) is 23.1. The van der Waals surface area contributed by atoms with E-state index in [2.05, 4.69) is 13.2 Å². The van der Waals surface area contributed by atoms with Crippen molar-refractivity contribution in [1.29, 1.82) is 0 Å². The van der Waals surface area contributed by atoms with Gasteiger partial charge in [0, 0.05) is 12.2 Å². The van der Waals surface area contributed by atoms with Crippen LogP contribution in [0, 0.1) is 31.6 Å². The van der Waals surface area contributed by atoms with Crippen LogP contribution in [0.15, 0.2) is 43.5 Å². The number of para-hydroxylation sites is 1. The van der Waals surface area contributed by atoms with Gasteiger partial charge in [0.2, 0.25) is 5.91 Å². The molecule has 3 aliphatic heterocycles. The highest BCUT2D eigenvalue weighted by Gasteiger charge is 2.80. The topological polar surface area (TPSA) is 96.4 Å². The van der Waals surface area contributed by atoms with E-state index in [0.717, 1.165) is 16.8 Å². The molecular weight excluding hydrogens is 484 g/mol. The lowest BCUT2D eigenvalue weighted by molar-refractivity contribution is -0.162. The Bertz CT molecular complexity index is 1130. The fourth-order valence-corrected chi connectivity index (χ4v) is 7.01. The van der Waals surface area contributed by atoms with E-state index in [0.29, 0.717) is 12.8 Å². The summed E-state index contributed by atoms with van der Waals surface area (Å²) in [4.78, 5) is 45.3. The molecule has 1 N–H and O–H groups in total. The molecule has 0 aliphatic carbocycles. The lowest BCUT2D eigenvalue weighted by Gasteiger charge is -2.39. The molecule has 7 atom stereocenters. The first kappa shape index (κ1) is 28.0. The van der Waals surface area contributed by atoms with Crippen LogP contribution in [0.4, 0.5) is 5.69 Å². The van der Waals surface area contributed by atoms with Crippen molar-refractivity contribution >= 4 is 23.5 Å². The van der Waals surface area contributed by atoms with Crippen LogP contribution >= 0.6 is 0 Å². The predicted molar refractivity (Wildman–Crippen MR) is 144 cm³/mol. The molecule has 3 saturated heterocycles. The Morgan fingerprint density at radius 1 is 1.29 bits per heavy atom. The fraction of sp³-hybridized carbons (Fsp3) is 0.567. The van der Waals surface area contributed by atoms with Crippen LogP contribution in [0.3, 0.4) is 0 Å². The second-order valence-electron chi connectivity index (χ2n) is 11.2. The first-order valence-corrected chi connectivity index (χ1v) is 13.4. The number of esters is 1. The van der Waals surface area contributed by atoms with Gasteiger partial charge in [-0.05, 0) is 57.6 Å². The Morgan fingerprint density at radius 3 is 2.53 bits per heavy atom. The molecule has 38 heavy (non-hydrogen) atoms. The molecule has 206 valence electrons. The lowest BCUT2D eigenvalue weighted by atomic mass is 9.62. The molecular formula is C30H40N2O6. The van der Waals surface area contributed by atoms with E-state index in [1.807, 2.05) is 45.9 Å². The van der Waals surface area contributed by atoms with Crippen LogP contribution in [0.2, 0.25) is 0 Å². The molecule has 2 bridgehead atoms. The van der Waals surface area contributed by atoms with Gasteiger partial charge in [-0.15, -0.1) is 13.2 Å². The SMILES string of the molecule is C=CCCOC(=O)[C@H]1[C@H]2C(=O)N([C@H](C)CO)C(C(=O)N(CC=C)c3c(C)cccc3C)C23CC(C)[C@]1(C)O3. The minimum Gasteiger partial charge on any atom is -0.465 e. The number of likely N-dealkylation sites (tertiary alicyclic amines) is 1. The number of carbonyl (C=O) groups excluding carboxylic acids is 3. The Hall–Kier alpha value is -2.97. The first-order valence-electron chi connectivity index (χ1n) is 13.4. The molecule has 0 saturated carbocycles. The number of benzene rings is 1. The number of amides is 2. The van der Waals surface area contributed by atoms with Crippen LogP contribution in [-0.4, -0.2) is 70.8 Å². The Morgan fingerprint density at radius 2 is 1.95 bits per heavy atom. The average Bonchev–Trinajstić information content (AvgIpc) is 3.39. The zero-order valence-electron chi connectivity index (χ0n) is 23.1. The molecule has 8 heteroatoms. The normalized spacial score (nSPS) is 32.2. The number of aliphatic hydroxyl groups is 1. The van der Waals surface area contributed by atoms with Crippen molar-refractivity contribution in [2.24, 2.45) is 17.8 Å². The molecule has 2 amide bonds. The monoisotopic (exact) mass is 524 g/mol. The van der Waals surface area contributed by atoms with Gasteiger partial charge in [-0.3, -0.25) is 14.4 Å². The molecule has 3 heterocycles. The molecule has 1 spiro atoms. The summed E-state index contributed by atoms with van der Waals surface area (Å²) >= 11 is 0. The van der Waals surface area contributed by atoms with Gasteiger partial charge in [0.25, 0.3) is 5.91 Å². The number of aryl methyl sites for hydroxylation is 2. The van der Waals surface area contributed by atoms with E-state index in [9.17, 15) is 19.5 Å². The Kier molecular flexibility index (Phi) is 7.60. The van der Waals surface area contributed by atoms with Crippen LogP contribution in [0.5, 0.6) is 0 Å². The van der Waals surface area contributed by atoms with Gasteiger partial charge in [-0.25, -0.2) is 0 Å². The maximum absolute atomic E-state index is 14.6. The molecule has 0 aromatic heterocycles. The van der Waals surface area contributed by atoms with E-state index >= 15 is 0 Å². The van der Waals surface area contributed by atoms with Crippen molar-refractivity contribution in [2.45, 2.75) is 70.7 Å². The quantitative estimate of drug-likeness (QED) is 0.287. The molecule has 4 rings (SSSR count). The number of nitrogens with zero attached hydrogens (tertiary/aromatic N) is 2. The number of anilines is 1. The van der Waals surface area contributed by atoms with Crippen molar-refractivity contribution in [1.82, 2.24) is 4.90 Å². The third kappa shape index (κ3) is 4.00. The number of aliphatic hydroxyl groups excluding tert-OH is 1. The summed E-state index contributed by atoms with van der Waals surface area (Å²) in [5.41, 5.74) is 0.417.